The normalized spacial score (nSPS) is 28.2. The average molecular weight is 1300 g/mol. The molecular weight excluding hydrogens is 1220 g/mol. The summed E-state index contributed by atoms with van der Waals surface area (Å²) in [5.74, 6) is -6.91. The van der Waals surface area contributed by atoms with Gasteiger partial charge in [-0.2, -0.15) is 0 Å². The molecule has 2 aliphatic carbocycles. The summed E-state index contributed by atoms with van der Waals surface area (Å²) >= 11 is 2.31. The molecule has 24 nitrogen and oxygen atoms in total. The number of imide groups is 1. The summed E-state index contributed by atoms with van der Waals surface area (Å²) < 4.78 is 23.1. The highest BCUT2D eigenvalue weighted by molar-refractivity contribution is 14.1. The molecule has 5 aliphatic heterocycles. The van der Waals surface area contributed by atoms with Gasteiger partial charge in [-0.1, -0.05) is 47.2 Å². The lowest BCUT2D eigenvalue weighted by atomic mass is 9.72. The van der Waals surface area contributed by atoms with E-state index >= 15 is 0 Å². The maximum Gasteiger partial charge on any atom is 0.255 e. The van der Waals surface area contributed by atoms with Crippen molar-refractivity contribution in [2.45, 2.75) is 162 Å². The average Bonchev–Trinajstić information content (AvgIpc) is 1.59. The van der Waals surface area contributed by atoms with Crippen LogP contribution in [0.4, 0.5) is 0 Å². The first-order chi connectivity index (χ1) is 40.2. The van der Waals surface area contributed by atoms with E-state index in [1.54, 1.807) is 0 Å². The summed E-state index contributed by atoms with van der Waals surface area (Å²) in [4.78, 5) is 116. The van der Waals surface area contributed by atoms with Crippen LogP contribution < -0.4 is 20.7 Å². The fourth-order valence-electron chi connectivity index (χ4n) is 13.6. The topological polar surface area (TPSA) is 324 Å². The van der Waals surface area contributed by atoms with Gasteiger partial charge in [-0.25, -0.2) is 0 Å². The number of nitrogens with zero attached hydrogens (tertiary/aromatic N) is 4. The van der Waals surface area contributed by atoms with Crippen molar-refractivity contribution >= 4 is 69.6 Å². The Balaban J connectivity index is 0.829. The fourth-order valence-corrected chi connectivity index (χ4v) is 14.5. The van der Waals surface area contributed by atoms with E-state index in [-0.39, 0.29) is 90.3 Å². The number of rotatable bonds is 21. The second-order valence-electron chi connectivity index (χ2n) is 24.3. The number of hydrogen-bond donors (Lipinski definition) is 8. The van der Waals surface area contributed by atoms with Crippen LogP contribution in [0.2, 0.25) is 0 Å². The number of ketones is 2. The van der Waals surface area contributed by atoms with Crippen molar-refractivity contribution in [3.8, 4) is 17.2 Å². The molecule has 2 aromatic carbocycles. The molecule has 7 aliphatic rings. The number of aliphatic hydroxyl groups is 3. The van der Waals surface area contributed by atoms with Crippen molar-refractivity contribution in [3.63, 3.8) is 0 Å². The number of halogens is 1. The van der Waals surface area contributed by atoms with Crippen LogP contribution >= 0.6 is 22.6 Å². The molecule has 464 valence electrons. The number of amides is 6. The Bertz CT molecular complexity index is 3010. The Morgan fingerprint density at radius 1 is 0.929 bits per heavy atom. The first kappa shape index (κ1) is 63.8. The molecular formula is C60H80IN7O17. The van der Waals surface area contributed by atoms with Crippen LogP contribution in [0.5, 0.6) is 17.2 Å². The molecule has 8 N–H and O–H groups in total. The highest BCUT2D eigenvalue weighted by atomic mass is 127. The van der Waals surface area contributed by atoms with Crippen LogP contribution in [0.1, 0.15) is 135 Å². The van der Waals surface area contributed by atoms with E-state index in [2.05, 4.69) is 54.9 Å². The van der Waals surface area contributed by atoms with Crippen LogP contribution in [0.3, 0.4) is 0 Å². The molecule has 25 heteroatoms. The van der Waals surface area contributed by atoms with Crippen LogP contribution in [-0.4, -0.2) is 223 Å². The Morgan fingerprint density at radius 3 is 2.29 bits per heavy atom. The van der Waals surface area contributed by atoms with Gasteiger partial charge in [-0.15, -0.1) is 6.58 Å². The largest absolute Gasteiger partial charge is 0.507 e. The SMILES string of the molecule is C=C(C)CCCC(I)(CC)C1CC(=O)N(CCC(=O)N[C@@H](C)C(=O)N[C@@H](C)C(=O)NC2CN(C(C3CN(C(=O)[C@]4(O)Cc5c(O)c6c(c(O)c5[C@@H](O)C4)C(=O)c4c(OC)cccc4C6=O)C3)C3CN([C@H]4CCO[C@@H](C)[C@H]4O)C[C@@H](OC)O3)C2)C1=O. The number of carbonyl (C=O) groups excluding carboxylic acids is 8. The number of hydrogen-bond acceptors (Lipinski definition) is 19. The zero-order chi connectivity index (χ0) is 61.7. The van der Waals surface area contributed by atoms with Crippen LogP contribution in [0, 0.1) is 11.8 Å². The minimum Gasteiger partial charge on any atom is -0.507 e. The van der Waals surface area contributed by atoms with Gasteiger partial charge in [0.1, 0.15) is 34.9 Å². The summed E-state index contributed by atoms with van der Waals surface area (Å²) in [6, 6.07) is 1.17. The van der Waals surface area contributed by atoms with Crippen molar-refractivity contribution in [2.24, 2.45) is 11.8 Å². The van der Waals surface area contributed by atoms with Crippen molar-refractivity contribution in [2.75, 3.05) is 66.6 Å². The third kappa shape index (κ3) is 12.5. The number of allylic oxidation sites excluding steroid dienone is 1. The number of aromatic hydroxyl groups is 2. The zero-order valence-electron chi connectivity index (χ0n) is 49.2. The van der Waals surface area contributed by atoms with E-state index in [4.69, 9.17) is 18.9 Å². The Hall–Kier alpha value is -5.65. The highest BCUT2D eigenvalue weighted by Gasteiger charge is 2.56. The maximum absolute atomic E-state index is 14.6. The van der Waals surface area contributed by atoms with E-state index < -0.39 is 134 Å². The van der Waals surface area contributed by atoms with Gasteiger partial charge in [0.25, 0.3) is 5.91 Å². The van der Waals surface area contributed by atoms with Crippen LogP contribution in [0.15, 0.2) is 30.4 Å². The molecule has 0 saturated carbocycles. The summed E-state index contributed by atoms with van der Waals surface area (Å²) in [6.07, 6.45) is -1.93. The van der Waals surface area contributed by atoms with Crippen molar-refractivity contribution in [1.29, 1.82) is 0 Å². The molecule has 85 heavy (non-hydrogen) atoms. The number of phenolic OH excluding ortho intramolecular Hbond substituents is 2. The lowest BCUT2D eigenvalue weighted by Gasteiger charge is -2.57. The number of phenols is 2. The molecule has 0 radical (unpaired) electrons. The molecule has 0 bridgehead atoms. The standard InChI is InChI=1S/C60H80IN7O17/c1-9-59(61,17-11-12-29(2)3)37-20-43(71)68(57(37)79)18-15-42(70)62-30(4)55(77)63-31(5)56(78)64-34-25-66(26-34)49(41-27-65(28-44(83-8)85-41)38-16-19-84-32(6)50(38)72)33-23-67(24-33)58(80)60(81)21-36-45(39(69)22-60)53(75)48-47(52(36)74)51(73)35-13-10-14-40(82-7)46(35)54(48)76/h10,13-14,30-34,37-39,41,44,49-50,69,72,74-75,81H,2,9,11-12,15-28H2,1,3-8H3,(H,62,70)(H,63,77)(H,64,78)/t30-,31-,32-,37?,38-,39-,41?,44-,49?,50+,59?,60-/m0/s1. The first-order valence-electron chi connectivity index (χ1n) is 29.3. The number of methoxy groups -OCH3 is 2. The predicted molar refractivity (Wildman–Crippen MR) is 313 cm³/mol. The molecule has 12 atom stereocenters. The third-order valence-corrected chi connectivity index (χ3v) is 20.5. The molecule has 5 heterocycles. The number of likely N-dealkylation sites (tertiary alicyclic amines) is 3. The van der Waals surface area contributed by atoms with E-state index in [0.29, 0.717) is 45.6 Å². The smallest absolute Gasteiger partial charge is 0.255 e. The minimum atomic E-state index is -2.33. The Kier molecular flexibility index (Phi) is 19.2. The first-order valence-corrected chi connectivity index (χ1v) is 30.4. The molecule has 5 fully saturated rings. The molecule has 0 aromatic heterocycles. The van der Waals surface area contributed by atoms with Crippen molar-refractivity contribution in [3.05, 3.63) is 63.7 Å². The van der Waals surface area contributed by atoms with E-state index in [1.165, 1.54) is 51.2 Å². The summed E-state index contributed by atoms with van der Waals surface area (Å²) in [7, 11) is 2.84. The summed E-state index contributed by atoms with van der Waals surface area (Å²) in [5, 5.41) is 66.7. The number of carbonyl (C=O) groups is 8. The van der Waals surface area contributed by atoms with Crippen LogP contribution in [-0.2, 0) is 49.4 Å². The molecule has 5 saturated heterocycles. The number of benzene rings is 2. The number of nitrogens with one attached hydrogen (secondary N) is 3. The number of fused-ring (bicyclic) bond motifs is 3. The highest BCUT2D eigenvalue weighted by Crippen LogP contribution is 2.52. The van der Waals surface area contributed by atoms with E-state index in [1.807, 2.05) is 20.8 Å². The zero-order valence-corrected chi connectivity index (χ0v) is 51.3. The fraction of sp³-hybridized carbons (Fsp3) is 0.633. The maximum atomic E-state index is 14.6. The van der Waals surface area contributed by atoms with Gasteiger partial charge in [0.2, 0.25) is 35.3 Å². The number of alkyl halides is 1. The van der Waals surface area contributed by atoms with Gasteiger partial charge >= 0.3 is 0 Å². The van der Waals surface area contributed by atoms with E-state index in [9.17, 15) is 63.9 Å². The monoisotopic (exact) mass is 1300 g/mol. The van der Waals surface area contributed by atoms with Gasteiger partial charge in [0, 0.05) is 123 Å². The number of ether oxygens (including phenoxy) is 4. The number of aliphatic hydroxyl groups excluding tert-OH is 2. The van der Waals surface area contributed by atoms with Crippen LogP contribution in [0.25, 0.3) is 0 Å². The minimum absolute atomic E-state index is 0.0684. The number of morpholine rings is 1. The van der Waals surface area contributed by atoms with Gasteiger partial charge in [-0.3, -0.25) is 53.1 Å². The molecule has 0 spiro atoms. The molecule has 4 unspecified atom stereocenters. The summed E-state index contributed by atoms with van der Waals surface area (Å²) in [5.41, 5.74) is -3.05. The summed E-state index contributed by atoms with van der Waals surface area (Å²) in [6.45, 7) is 14.6. The quantitative estimate of drug-likeness (QED) is 0.0247. The lowest BCUT2D eigenvalue weighted by Crippen LogP contribution is -2.73. The van der Waals surface area contributed by atoms with Gasteiger partial charge in [0.05, 0.1) is 60.2 Å². The Labute approximate surface area is 507 Å². The van der Waals surface area contributed by atoms with Gasteiger partial charge in [0.15, 0.2) is 12.1 Å². The molecule has 6 amide bonds. The van der Waals surface area contributed by atoms with Crippen molar-refractivity contribution < 1.29 is 82.8 Å². The molecule has 2 aromatic rings. The second kappa shape index (κ2) is 25.6. The van der Waals surface area contributed by atoms with Gasteiger partial charge < -0.3 is 65.3 Å². The molecule has 9 rings (SSSR count). The van der Waals surface area contributed by atoms with Gasteiger partial charge in [-0.05, 0) is 65.9 Å². The Morgan fingerprint density at radius 2 is 1.62 bits per heavy atom. The van der Waals surface area contributed by atoms with E-state index in [0.717, 1.165) is 29.7 Å². The lowest BCUT2D eigenvalue weighted by molar-refractivity contribution is -0.241. The second-order valence-corrected chi connectivity index (χ2v) is 26.4. The predicted octanol–water partition coefficient (Wildman–Crippen LogP) is 1.54. The third-order valence-electron chi connectivity index (χ3n) is 18.5. The van der Waals surface area contributed by atoms with Crippen molar-refractivity contribution in [1.82, 2.24) is 35.6 Å².